The average Bonchev–Trinajstić information content (AvgIpc) is 3.19. The molecular weight excluding hydrogens is 398 g/mol. The number of rotatable bonds is 7. The van der Waals surface area contributed by atoms with E-state index >= 15 is 0 Å². The number of fused-ring (bicyclic) bond motifs is 1. The summed E-state index contributed by atoms with van der Waals surface area (Å²) in [6.07, 6.45) is 0.837. The number of hydrogen-bond acceptors (Lipinski definition) is 4. The summed E-state index contributed by atoms with van der Waals surface area (Å²) in [5.41, 5.74) is 2.22. The van der Waals surface area contributed by atoms with E-state index in [-0.39, 0.29) is 30.6 Å². The van der Waals surface area contributed by atoms with Gasteiger partial charge in [0.05, 0.1) is 6.04 Å². The van der Waals surface area contributed by atoms with Crippen LogP contribution in [0.25, 0.3) is 0 Å². The van der Waals surface area contributed by atoms with E-state index in [1.54, 1.807) is 16.2 Å². The van der Waals surface area contributed by atoms with Gasteiger partial charge in [-0.3, -0.25) is 4.79 Å². The van der Waals surface area contributed by atoms with E-state index < -0.39 is 0 Å². The van der Waals surface area contributed by atoms with Crippen LogP contribution < -0.4 is 10.1 Å². The molecule has 0 aliphatic carbocycles. The lowest BCUT2D eigenvalue weighted by Gasteiger charge is -2.37. The van der Waals surface area contributed by atoms with E-state index in [2.05, 4.69) is 16.8 Å². The number of amides is 3. The van der Waals surface area contributed by atoms with Crippen LogP contribution in [0, 0.1) is 6.92 Å². The zero-order chi connectivity index (χ0) is 21.7. The molecule has 6 nitrogen and oxygen atoms in total. The number of hydrogen-bond donors (Lipinski definition) is 1. The van der Waals surface area contributed by atoms with Crippen LogP contribution in [0.1, 0.15) is 42.8 Å². The third-order valence-electron chi connectivity index (χ3n) is 5.31. The Morgan fingerprint density at radius 3 is 2.77 bits per heavy atom. The van der Waals surface area contributed by atoms with Gasteiger partial charge in [0.25, 0.3) is 0 Å². The van der Waals surface area contributed by atoms with E-state index in [0.29, 0.717) is 19.7 Å². The third-order valence-corrected chi connectivity index (χ3v) is 6.31. The largest absolute Gasteiger partial charge is 0.491 e. The number of aryl methyl sites for hydroxylation is 1. The van der Waals surface area contributed by atoms with Crippen LogP contribution in [0.5, 0.6) is 5.75 Å². The highest BCUT2D eigenvalue weighted by Gasteiger charge is 2.33. The van der Waals surface area contributed by atoms with Crippen molar-refractivity contribution in [1.29, 1.82) is 0 Å². The number of likely N-dealkylation sites (N-methyl/N-ethyl adjacent to an activating group) is 1. The fraction of sp³-hybridized carbons (Fsp3) is 0.478. The first-order chi connectivity index (χ1) is 14.4. The smallest absolute Gasteiger partial charge is 0.318 e. The summed E-state index contributed by atoms with van der Waals surface area (Å²) in [5, 5.41) is 4.95. The van der Waals surface area contributed by atoms with Crippen molar-refractivity contribution in [3.8, 4) is 5.75 Å². The molecule has 30 heavy (non-hydrogen) atoms. The van der Waals surface area contributed by atoms with E-state index in [9.17, 15) is 9.59 Å². The molecular formula is C23H31N3O3S. The van der Waals surface area contributed by atoms with Crippen LogP contribution in [0.4, 0.5) is 4.79 Å². The van der Waals surface area contributed by atoms with Crippen molar-refractivity contribution in [2.45, 2.75) is 46.2 Å². The third kappa shape index (κ3) is 5.14. The van der Waals surface area contributed by atoms with Gasteiger partial charge in [0.15, 0.2) is 0 Å². The molecule has 0 radical (unpaired) electrons. The Balaban J connectivity index is 1.75. The van der Waals surface area contributed by atoms with E-state index in [0.717, 1.165) is 23.3 Å². The molecule has 2 aromatic rings. The topological polar surface area (TPSA) is 61.9 Å². The Bertz CT molecular complexity index is 880. The van der Waals surface area contributed by atoms with Crippen molar-refractivity contribution < 1.29 is 14.3 Å². The fourth-order valence-electron chi connectivity index (χ4n) is 3.68. The lowest BCUT2D eigenvalue weighted by molar-refractivity contribution is -0.135. The number of nitrogens with zero attached hydrogens (tertiary/aromatic N) is 2. The molecule has 1 aliphatic heterocycles. The molecule has 0 bridgehead atoms. The van der Waals surface area contributed by atoms with Gasteiger partial charge in [-0.05, 0) is 62.8 Å². The zero-order valence-corrected chi connectivity index (χ0v) is 19.0. The second-order valence-electron chi connectivity index (χ2n) is 7.85. The van der Waals surface area contributed by atoms with Crippen molar-refractivity contribution in [2.75, 3.05) is 26.2 Å². The molecule has 0 spiro atoms. The summed E-state index contributed by atoms with van der Waals surface area (Å²) < 4.78 is 6.13. The lowest BCUT2D eigenvalue weighted by atomic mass is 10.0. The van der Waals surface area contributed by atoms with E-state index in [4.69, 9.17) is 4.74 Å². The lowest BCUT2D eigenvalue weighted by Crippen LogP contribution is -2.50. The highest BCUT2D eigenvalue weighted by molar-refractivity contribution is 7.10. The van der Waals surface area contributed by atoms with Gasteiger partial charge in [0.2, 0.25) is 5.91 Å². The molecule has 162 valence electrons. The van der Waals surface area contributed by atoms with Gasteiger partial charge < -0.3 is 19.9 Å². The second kappa shape index (κ2) is 9.98. The Morgan fingerprint density at radius 1 is 1.30 bits per heavy atom. The molecule has 1 aromatic carbocycles. The van der Waals surface area contributed by atoms with Gasteiger partial charge in [0.1, 0.15) is 18.9 Å². The summed E-state index contributed by atoms with van der Waals surface area (Å²) in [6.45, 7) is 9.30. The highest BCUT2D eigenvalue weighted by atomic mass is 32.1. The Kier molecular flexibility index (Phi) is 7.37. The minimum Gasteiger partial charge on any atom is -0.491 e. The van der Waals surface area contributed by atoms with Crippen molar-refractivity contribution >= 4 is 23.3 Å². The molecule has 0 fully saturated rings. The molecule has 0 unspecified atom stereocenters. The van der Waals surface area contributed by atoms with Gasteiger partial charge >= 0.3 is 6.03 Å². The second-order valence-corrected chi connectivity index (χ2v) is 8.85. The molecule has 3 amide bonds. The normalized spacial score (nSPS) is 15.6. The van der Waals surface area contributed by atoms with Crippen LogP contribution in [0.3, 0.4) is 0 Å². The SMILES string of the molecule is CCN(CC(=O)N1CCc2sccc2[C@@H]1COc1ccccc1C)C(=O)NC(C)C. The molecule has 3 rings (SSSR count). The number of para-hydroxylation sites is 1. The number of benzene rings is 1. The monoisotopic (exact) mass is 429 g/mol. The highest BCUT2D eigenvalue weighted by Crippen LogP contribution is 2.34. The van der Waals surface area contributed by atoms with Crippen LogP contribution in [-0.2, 0) is 11.2 Å². The van der Waals surface area contributed by atoms with Gasteiger partial charge in [-0.2, -0.15) is 0 Å². The molecule has 1 atom stereocenters. The fourth-order valence-corrected chi connectivity index (χ4v) is 4.61. The summed E-state index contributed by atoms with van der Waals surface area (Å²) in [7, 11) is 0. The van der Waals surface area contributed by atoms with Crippen LogP contribution >= 0.6 is 11.3 Å². The van der Waals surface area contributed by atoms with Gasteiger partial charge in [0, 0.05) is 24.0 Å². The number of thiophene rings is 1. The van der Waals surface area contributed by atoms with Crippen molar-refractivity contribution in [3.05, 3.63) is 51.7 Å². The summed E-state index contributed by atoms with van der Waals surface area (Å²) >= 11 is 1.73. The summed E-state index contributed by atoms with van der Waals surface area (Å²) in [4.78, 5) is 30.4. The molecule has 1 N–H and O–H groups in total. The van der Waals surface area contributed by atoms with Crippen molar-refractivity contribution in [2.24, 2.45) is 0 Å². The van der Waals surface area contributed by atoms with E-state index in [1.165, 1.54) is 4.88 Å². The number of nitrogens with one attached hydrogen (secondary N) is 1. The first-order valence-corrected chi connectivity index (χ1v) is 11.4. The van der Waals surface area contributed by atoms with E-state index in [1.807, 2.05) is 56.9 Å². The Hall–Kier alpha value is -2.54. The predicted molar refractivity (Wildman–Crippen MR) is 120 cm³/mol. The first kappa shape index (κ1) is 22.2. The number of carbonyl (C=O) groups is 2. The minimum atomic E-state index is -0.207. The van der Waals surface area contributed by atoms with Crippen LogP contribution in [0.15, 0.2) is 35.7 Å². The minimum absolute atomic E-state index is 0.0280. The molecule has 7 heteroatoms. The number of ether oxygens (including phenoxy) is 1. The maximum absolute atomic E-state index is 13.2. The quantitative estimate of drug-likeness (QED) is 0.724. The first-order valence-electron chi connectivity index (χ1n) is 10.5. The van der Waals surface area contributed by atoms with Crippen molar-refractivity contribution in [1.82, 2.24) is 15.1 Å². The van der Waals surface area contributed by atoms with Crippen LogP contribution in [0.2, 0.25) is 0 Å². The average molecular weight is 430 g/mol. The molecule has 1 aromatic heterocycles. The Morgan fingerprint density at radius 2 is 2.07 bits per heavy atom. The van der Waals surface area contributed by atoms with Crippen LogP contribution in [-0.4, -0.2) is 54.0 Å². The maximum Gasteiger partial charge on any atom is 0.318 e. The molecule has 0 saturated heterocycles. The van der Waals surface area contributed by atoms with Gasteiger partial charge in [-0.25, -0.2) is 4.79 Å². The van der Waals surface area contributed by atoms with Gasteiger partial charge in [-0.1, -0.05) is 18.2 Å². The predicted octanol–water partition coefficient (Wildman–Crippen LogP) is 4.00. The molecule has 0 saturated carbocycles. The number of urea groups is 1. The van der Waals surface area contributed by atoms with Gasteiger partial charge in [-0.15, -0.1) is 11.3 Å². The Labute approximate surface area is 182 Å². The summed E-state index contributed by atoms with van der Waals surface area (Å²) in [5.74, 6) is 0.782. The van der Waals surface area contributed by atoms with Crippen molar-refractivity contribution in [3.63, 3.8) is 0 Å². The summed E-state index contributed by atoms with van der Waals surface area (Å²) in [6, 6.07) is 9.66. The zero-order valence-electron chi connectivity index (χ0n) is 18.2. The standard InChI is InChI=1S/C23H31N3O3S/c1-5-25(23(28)24-16(2)3)14-22(27)26-12-10-21-18(11-13-30-21)19(26)15-29-20-9-7-6-8-17(20)4/h6-9,11,13,16,19H,5,10,12,14-15H2,1-4H3,(H,24,28)/t19-/m0/s1. The molecule has 1 aliphatic rings. The maximum atomic E-state index is 13.2. The molecule has 2 heterocycles. The number of carbonyl (C=O) groups excluding carboxylic acids is 2.